The van der Waals surface area contributed by atoms with Crippen LogP contribution in [-0.2, 0) is 0 Å². The maximum Gasteiger partial charge on any atom is 0.279 e. The Labute approximate surface area is 157 Å². The number of carbonyl (C=O) groups is 1. The van der Waals surface area contributed by atoms with E-state index in [4.69, 9.17) is 0 Å². The van der Waals surface area contributed by atoms with Gasteiger partial charge in [0.2, 0.25) is 0 Å². The Morgan fingerprint density at radius 1 is 1.26 bits per heavy atom. The highest BCUT2D eigenvalue weighted by Crippen LogP contribution is 2.59. The second-order valence-corrected chi connectivity index (χ2v) is 8.83. The average Bonchev–Trinajstić information content (AvgIpc) is 2.58. The summed E-state index contributed by atoms with van der Waals surface area (Å²) in [4.78, 5) is 23.4. The molecular weight excluding hydrogens is 350 g/mol. The smallest absolute Gasteiger partial charge is 0.279 e. The molecule has 27 heavy (non-hydrogen) atoms. The summed E-state index contributed by atoms with van der Waals surface area (Å²) in [5.41, 5.74) is -0.157. The van der Waals surface area contributed by atoms with E-state index in [1.807, 2.05) is 0 Å². The minimum absolute atomic E-state index is 0.0753. The Kier molecular flexibility index (Phi) is 4.44. The van der Waals surface area contributed by atoms with Crippen molar-refractivity contribution in [2.24, 2.45) is 23.2 Å². The fourth-order valence-corrected chi connectivity index (χ4v) is 6.12. The van der Waals surface area contributed by atoms with E-state index >= 15 is 0 Å². The molecule has 3 N–H and O–H groups in total. The number of quaternary nitrogens is 1. The van der Waals surface area contributed by atoms with E-state index in [1.54, 1.807) is 0 Å². The molecule has 1 amide bonds. The summed E-state index contributed by atoms with van der Waals surface area (Å²) in [6.07, 6.45) is 7.40. The van der Waals surface area contributed by atoms with Crippen LogP contribution in [0, 0.1) is 45.4 Å². The predicted octanol–water partition coefficient (Wildman–Crippen LogP) is 2.25. The van der Waals surface area contributed by atoms with Gasteiger partial charge in [0.25, 0.3) is 11.6 Å². The summed E-state index contributed by atoms with van der Waals surface area (Å²) >= 11 is 0. The van der Waals surface area contributed by atoms with Crippen molar-refractivity contribution in [3.05, 3.63) is 38.6 Å². The molecule has 4 aliphatic carbocycles. The van der Waals surface area contributed by atoms with Crippen LogP contribution in [0.1, 0.15) is 54.4 Å². The first-order valence-corrected chi connectivity index (χ1v) is 9.57. The zero-order valence-corrected chi connectivity index (χ0v) is 15.4. The van der Waals surface area contributed by atoms with E-state index in [0.29, 0.717) is 6.54 Å². The molecule has 0 aliphatic heterocycles. The Hall–Kier alpha value is -2.03. The van der Waals surface area contributed by atoms with Crippen molar-refractivity contribution in [2.45, 2.75) is 45.4 Å². The van der Waals surface area contributed by atoms with Gasteiger partial charge < -0.3 is 10.5 Å². The van der Waals surface area contributed by atoms with E-state index in [0.717, 1.165) is 43.1 Å². The molecule has 0 saturated heterocycles. The zero-order chi connectivity index (χ0) is 19.3. The van der Waals surface area contributed by atoms with Crippen LogP contribution in [0.15, 0.2) is 12.1 Å². The molecule has 0 spiro atoms. The van der Waals surface area contributed by atoms with Crippen LogP contribution in [0.4, 0.5) is 11.4 Å². The number of hydrogen-bond acceptors (Lipinski definition) is 5. The van der Waals surface area contributed by atoms with Crippen molar-refractivity contribution in [3.63, 3.8) is 0 Å². The van der Waals surface area contributed by atoms with Crippen molar-refractivity contribution in [1.29, 1.82) is 0 Å². The summed E-state index contributed by atoms with van der Waals surface area (Å²) in [7, 11) is 0. The molecule has 1 unspecified atom stereocenters. The molecule has 0 aromatic heterocycles. The zero-order valence-electron chi connectivity index (χ0n) is 15.4. The van der Waals surface area contributed by atoms with Crippen LogP contribution in [0.5, 0.6) is 0 Å². The highest BCUT2D eigenvalue weighted by Gasteiger charge is 2.50. The third-order valence-electron chi connectivity index (χ3n) is 6.86. The third kappa shape index (κ3) is 3.33. The van der Waals surface area contributed by atoms with Gasteiger partial charge in [-0.15, -0.1) is 0 Å². The Morgan fingerprint density at radius 3 is 2.30 bits per heavy atom. The highest BCUT2D eigenvalue weighted by molar-refractivity contribution is 5.97. The third-order valence-corrected chi connectivity index (χ3v) is 6.86. The van der Waals surface area contributed by atoms with Gasteiger partial charge in [-0.05, 0) is 68.6 Å². The number of amides is 1. The number of benzene rings is 1. The number of nitro groups is 1. The number of hydrogen-bond donors (Lipinski definition) is 3. The Morgan fingerprint density at radius 2 is 1.81 bits per heavy atom. The van der Waals surface area contributed by atoms with Crippen molar-refractivity contribution in [1.82, 2.24) is 5.32 Å². The number of nitrogens with one attached hydrogen (secondary N) is 2. The predicted molar refractivity (Wildman–Crippen MR) is 96.5 cm³/mol. The van der Waals surface area contributed by atoms with Gasteiger partial charge in [0.1, 0.15) is 0 Å². The van der Waals surface area contributed by atoms with Crippen LogP contribution in [0.25, 0.3) is 0 Å². The van der Waals surface area contributed by atoms with Gasteiger partial charge >= 0.3 is 0 Å². The maximum absolute atomic E-state index is 12.8. The van der Waals surface area contributed by atoms with Crippen molar-refractivity contribution in [2.75, 3.05) is 6.54 Å². The van der Waals surface area contributed by atoms with E-state index in [9.17, 15) is 25.3 Å². The molecule has 1 aromatic carbocycles. The first-order chi connectivity index (χ1) is 12.8. The van der Waals surface area contributed by atoms with Crippen molar-refractivity contribution in [3.8, 4) is 0 Å². The molecule has 8 heteroatoms. The lowest BCUT2D eigenvalue weighted by atomic mass is 9.49. The van der Waals surface area contributed by atoms with Gasteiger partial charge in [-0.3, -0.25) is 14.9 Å². The molecule has 4 saturated carbocycles. The standard InChI is InChI=1S/C19H25N3O5/c1-11-16(5-15(21(24)25)6-17(11)22(26)27)18(23)20-10-19-7-12-2-13(8-19)4-14(3-12)9-19/h5-6,12-14,21,24H,2-4,7-10H2,1H3,(H,20,23). The molecule has 0 radical (unpaired) electrons. The van der Waals surface area contributed by atoms with Crippen LogP contribution >= 0.6 is 0 Å². The second-order valence-electron chi connectivity index (χ2n) is 8.83. The second kappa shape index (κ2) is 6.54. The maximum atomic E-state index is 12.8. The summed E-state index contributed by atoms with van der Waals surface area (Å²) < 4.78 is 0. The molecule has 1 atom stereocenters. The summed E-state index contributed by atoms with van der Waals surface area (Å²) in [6, 6.07) is 2.24. The lowest BCUT2D eigenvalue weighted by molar-refractivity contribution is -0.991. The first-order valence-electron chi connectivity index (χ1n) is 9.57. The van der Waals surface area contributed by atoms with Crippen LogP contribution < -0.4 is 10.5 Å². The summed E-state index contributed by atoms with van der Waals surface area (Å²) in [5.74, 6) is 1.89. The Bertz CT molecular complexity index is 757. The average molecular weight is 375 g/mol. The number of carbonyl (C=O) groups excluding carboxylic acids is 1. The van der Waals surface area contributed by atoms with Crippen LogP contribution in [0.3, 0.4) is 0 Å². The highest BCUT2D eigenvalue weighted by atomic mass is 16.8. The first kappa shape index (κ1) is 18.3. The molecule has 8 nitrogen and oxygen atoms in total. The van der Waals surface area contributed by atoms with Gasteiger partial charge in [0.15, 0.2) is 5.69 Å². The lowest BCUT2D eigenvalue weighted by Gasteiger charge is -2.56. The fraction of sp³-hybridized carbons (Fsp3) is 0.632. The molecular formula is C19H25N3O5. The van der Waals surface area contributed by atoms with E-state index < -0.39 is 16.1 Å². The minimum Gasteiger partial charge on any atom is -0.595 e. The van der Waals surface area contributed by atoms with E-state index in [-0.39, 0.29) is 27.9 Å². The minimum atomic E-state index is -1.28. The van der Waals surface area contributed by atoms with Gasteiger partial charge in [-0.1, -0.05) is 0 Å². The van der Waals surface area contributed by atoms with Gasteiger partial charge in [0, 0.05) is 18.2 Å². The van der Waals surface area contributed by atoms with Gasteiger partial charge in [-0.25, -0.2) is 5.21 Å². The van der Waals surface area contributed by atoms with Crippen LogP contribution in [0.2, 0.25) is 0 Å². The number of nitro benzene ring substituents is 1. The van der Waals surface area contributed by atoms with E-state index in [1.165, 1.54) is 32.3 Å². The normalized spacial score (nSPS) is 32.3. The molecule has 0 heterocycles. The molecule has 4 fully saturated rings. The topological polar surface area (TPSA) is 120 Å². The quantitative estimate of drug-likeness (QED) is 0.538. The van der Waals surface area contributed by atoms with Crippen molar-refractivity contribution >= 4 is 17.3 Å². The summed E-state index contributed by atoms with van der Waals surface area (Å²) in [5, 5.41) is 33.4. The number of rotatable bonds is 5. The van der Waals surface area contributed by atoms with E-state index in [2.05, 4.69) is 5.32 Å². The largest absolute Gasteiger partial charge is 0.595 e. The van der Waals surface area contributed by atoms with Gasteiger partial charge in [0.05, 0.1) is 16.6 Å². The lowest BCUT2D eigenvalue weighted by Crippen LogP contribution is -2.99. The monoisotopic (exact) mass is 375 g/mol. The molecule has 146 valence electrons. The molecule has 5 rings (SSSR count). The van der Waals surface area contributed by atoms with Crippen LogP contribution in [-0.4, -0.2) is 22.6 Å². The number of nitrogens with zero attached hydrogens (tertiary/aromatic N) is 1. The molecule has 4 bridgehead atoms. The summed E-state index contributed by atoms with van der Waals surface area (Å²) in [6.45, 7) is 2.06. The molecule has 4 aliphatic rings. The van der Waals surface area contributed by atoms with Crippen molar-refractivity contribution < 1.29 is 20.2 Å². The van der Waals surface area contributed by atoms with Gasteiger partial charge in [-0.2, -0.15) is 5.23 Å². The molecule has 1 aromatic rings. The SMILES string of the molecule is Cc1c(C(=O)NCC23CC4CC(CC(C4)C2)C3)cc([NH+]([O-])O)cc1[N+](=O)[O-]. The Balaban J connectivity index is 1.54. The fourth-order valence-electron chi connectivity index (χ4n) is 6.12.